The summed E-state index contributed by atoms with van der Waals surface area (Å²) in [6.45, 7) is 2.66. The van der Waals surface area contributed by atoms with E-state index in [1.807, 2.05) is 18.2 Å². The molecule has 0 aromatic heterocycles. The fraction of sp³-hybridized carbons (Fsp3) is 0.381. The van der Waals surface area contributed by atoms with E-state index in [2.05, 4.69) is 38.3 Å². The van der Waals surface area contributed by atoms with Gasteiger partial charge in [-0.2, -0.15) is 0 Å². The molecule has 27 heavy (non-hydrogen) atoms. The Balaban J connectivity index is 1.79. The summed E-state index contributed by atoms with van der Waals surface area (Å²) in [6.07, 6.45) is 2.40. The van der Waals surface area contributed by atoms with E-state index >= 15 is 0 Å². The molecular weight excluding hydrogens is 408 g/mol. The summed E-state index contributed by atoms with van der Waals surface area (Å²) < 4.78 is 11.4. The van der Waals surface area contributed by atoms with Crippen LogP contribution in [0.25, 0.3) is 0 Å². The summed E-state index contributed by atoms with van der Waals surface area (Å²) in [7, 11) is 3.13. The predicted molar refractivity (Wildman–Crippen MR) is 110 cm³/mol. The highest BCUT2D eigenvalue weighted by molar-refractivity contribution is 9.10. The van der Waals surface area contributed by atoms with Crippen LogP contribution < -0.4 is 14.8 Å². The normalized spacial score (nSPS) is 15.4. The Morgan fingerprint density at radius 2 is 1.85 bits per heavy atom. The zero-order chi connectivity index (χ0) is 19.2. The molecule has 6 heteroatoms. The second kappa shape index (κ2) is 9.24. The van der Waals surface area contributed by atoms with Crippen molar-refractivity contribution in [1.29, 1.82) is 0 Å². The Kier molecular flexibility index (Phi) is 6.74. The number of rotatable bonds is 7. The summed E-state index contributed by atoms with van der Waals surface area (Å²) in [4.78, 5) is 15.3. The van der Waals surface area contributed by atoms with Gasteiger partial charge in [0.1, 0.15) is 11.5 Å². The highest BCUT2D eigenvalue weighted by Gasteiger charge is 2.25. The maximum atomic E-state index is 12.9. The molecule has 3 rings (SSSR count). The quantitative estimate of drug-likeness (QED) is 0.717. The van der Waals surface area contributed by atoms with Crippen molar-refractivity contribution in [3.63, 3.8) is 0 Å². The van der Waals surface area contributed by atoms with Gasteiger partial charge in [0.05, 0.1) is 30.3 Å². The van der Waals surface area contributed by atoms with Gasteiger partial charge in [-0.1, -0.05) is 30.3 Å². The number of hydrogen-bond donors (Lipinski definition) is 1. The van der Waals surface area contributed by atoms with E-state index in [-0.39, 0.29) is 11.9 Å². The van der Waals surface area contributed by atoms with Crippen LogP contribution in [0.1, 0.15) is 34.8 Å². The molecule has 1 aliphatic heterocycles. The number of hydrogen-bond acceptors (Lipinski definition) is 4. The molecule has 1 saturated heterocycles. The molecule has 2 aromatic rings. The molecule has 0 saturated carbocycles. The number of nitrogens with zero attached hydrogens (tertiary/aromatic N) is 1. The molecule has 0 radical (unpaired) electrons. The van der Waals surface area contributed by atoms with E-state index in [1.54, 1.807) is 26.4 Å². The van der Waals surface area contributed by atoms with E-state index in [0.29, 0.717) is 28.1 Å². The minimum absolute atomic E-state index is 0.165. The third-order valence-electron chi connectivity index (χ3n) is 4.92. The molecule has 0 aliphatic carbocycles. The average Bonchev–Trinajstić information content (AvgIpc) is 3.22. The topological polar surface area (TPSA) is 50.8 Å². The van der Waals surface area contributed by atoms with Crippen LogP contribution in [0.15, 0.2) is 46.9 Å². The molecule has 5 nitrogen and oxygen atoms in total. The van der Waals surface area contributed by atoms with Crippen LogP contribution in [0.2, 0.25) is 0 Å². The van der Waals surface area contributed by atoms with Crippen LogP contribution in [0.5, 0.6) is 11.5 Å². The van der Waals surface area contributed by atoms with Crippen LogP contribution in [0.4, 0.5) is 0 Å². The van der Waals surface area contributed by atoms with E-state index in [9.17, 15) is 4.79 Å². The fourth-order valence-corrected chi connectivity index (χ4v) is 4.13. The number of halogens is 1. The largest absolute Gasteiger partial charge is 0.497 e. The molecule has 0 spiro atoms. The lowest BCUT2D eigenvalue weighted by Crippen LogP contribution is -2.37. The zero-order valence-corrected chi connectivity index (χ0v) is 17.3. The van der Waals surface area contributed by atoms with Gasteiger partial charge in [0, 0.05) is 6.54 Å². The number of carbonyl (C=O) groups is 1. The van der Waals surface area contributed by atoms with Crippen molar-refractivity contribution >= 4 is 21.8 Å². The smallest absolute Gasteiger partial charge is 0.255 e. The molecule has 1 N–H and O–H groups in total. The monoisotopic (exact) mass is 432 g/mol. The summed E-state index contributed by atoms with van der Waals surface area (Å²) in [5, 5.41) is 3.09. The molecular formula is C21H25BrN2O3. The number of carbonyl (C=O) groups excluding carboxylic acids is 1. The number of ether oxygens (including phenoxy) is 2. The fourth-order valence-electron chi connectivity index (χ4n) is 3.53. The Labute approximate surface area is 168 Å². The van der Waals surface area contributed by atoms with Gasteiger partial charge in [0.25, 0.3) is 5.91 Å². The molecule has 2 aromatic carbocycles. The number of methoxy groups -OCH3 is 2. The lowest BCUT2D eigenvalue weighted by atomic mass is 10.1. The van der Waals surface area contributed by atoms with Gasteiger partial charge < -0.3 is 14.8 Å². The third-order valence-corrected chi connectivity index (χ3v) is 5.51. The standard InChI is InChI=1S/C21H25BrN2O3/c1-26-16-12-17(20(27-2)18(22)13-16)21(25)23-14-19(24-10-6-7-11-24)15-8-4-3-5-9-15/h3-5,8-9,12-13,19H,6-7,10-11,14H2,1-2H3,(H,23,25). The van der Waals surface area contributed by atoms with Gasteiger partial charge in [-0.15, -0.1) is 0 Å². The molecule has 144 valence electrons. The van der Waals surface area contributed by atoms with Crippen molar-refractivity contribution in [1.82, 2.24) is 10.2 Å². The van der Waals surface area contributed by atoms with Gasteiger partial charge in [-0.3, -0.25) is 9.69 Å². The van der Waals surface area contributed by atoms with Gasteiger partial charge in [0.15, 0.2) is 0 Å². The van der Waals surface area contributed by atoms with Gasteiger partial charge >= 0.3 is 0 Å². The first-order valence-electron chi connectivity index (χ1n) is 9.12. The molecule has 1 atom stereocenters. The Morgan fingerprint density at radius 3 is 2.48 bits per heavy atom. The van der Waals surface area contributed by atoms with Gasteiger partial charge in [-0.25, -0.2) is 0 Å². The van der Waals surface area contributed by atoms with Crippen molar-refractivity contribution in [2.75, 3.05) is 33.9 Å². The first-order chi connectivity index (χ1) is 13.1. The van der Waals surface area contributed by atoms with Crippen LogP contribution >= 0.6 is 15.9 Å². The predicted octanol–water partition coefficient (Wildman–Crippen LogP) is 4.03. The maximum absolute atomic E-state index is 12.9. The second-order valence-electron chi connectivity index (χ2n) is 6.57. The van der Waals surface area contributed by atoms with Crippen molar-refractivity contribution in [3.8, 4) is 11.5 Å². The Hall–Kier alpha value is -2.05. The van der Waals surface area contributed by atoms with Crippen LogP contribution in [0, 0.1) is 0 Å². The Bertz CT molecular complexity index is 776. The molecule has 0 bridgehead atoms. The van der Waals surface area contributed by atoms with Crippen LogP contribution in [-0.4, -0.2) is 44.7 Å². The van der Waals surface area contributed by atoms with Crippen molar-refractivity contribution in [2.24, 2.45) is 0 Å². The summed E-state index contributed by atoms with van der Waals surface area (Å²) >= 11 is 3.44. The van der Waals surface area contributed by atoms with Gasteiger partial charge in [-0.05, 0) is 59.6 Å². The minimum atomic E-state index is -0.174. The summed E-state index contributed by atoms with van der Waals surface area (Å²) in [5.74, 6) is 0.935. The second-order valence-corrected chi connectivity index (χ2v) is 7.42. The third kappa shape index (κ3) is 4.62. The van der Waals surface area contributed by atoms with Crippen LogP contribution in [0.3, 0.4) is 0 Å². The molecule has 1 amide bonds. The minimum Gasteiger partial charge on any atom is -0.497 e. The van der Waals surface area contributed by atoms with E-state index in [1.165, 1.54) is 18.4 Å². The maximum Gasteiger partial charge on any atom is 0.255 e. The molecule has 1 heterocycles. The lowest BCUT2D eigenvalue weighted by molar-refractivity contribution is 0.0934. The molecule has 1 unspecified atom stereocenters. The Morgan fingerprint density at radius 1 is 1.15 bits per heavy atom. The SMILES string of the molecule is COc1cc(Br)c(OC)c(C(=O)NCC(c2ccccc2)N2CCCC2)c1. The van der Waals surface area contributed by atoms with Crippen molar-refractivity contribution < 1.29 is 14.3 Å². The van der Waals surface area contributed by atoms with Crippen molar-refractivity contribution in [3.05, 3.63) is 58.1 Å². The highest BCUT2D eigenvalue weighted by atomic mass is 79.9. The van der Waals surface area contributed by atoms with Crippen molar-refractivity contribution in [2.45, 2.75) is 18.9 Å². The highest BCUT2D eigenvalue weighted by Crippen LogP contribution is 2.33. The van der Waals surface area contributed by atoms with Gasteiger partial charge in [0.2, 0.25) is 0 Å². The van der Waals surface area contributed by atoms with E-state index in [4.69, 9.17) is 9.47 Å². The van der Waals surface area contributed by atoms with E-state index in [0.717, 1.165) is 13.1 Å². The number of benzene rings is 2. The summed E-state index contributed by atoms with van der Waals surface area (Å²) in [5.41, 5.74) is 1.68. The lowest BCUT2D eigenvalue weighted by Gasteiger charge is -2.28. The average molecular weight is 433 g/mol. The molecule has 1 aliphatic rings. The number of nitrogens with one attached hydrogen (secondary N) is 1. The van der Waals surface area contributed by atoms with Crippen LogP contribution in [-0.2, 0) is 0 Å². The summed E-state index contributed by atoms with van der Waals surface area (Å²) in [6, 6.07) is 14.0. The first kappa shape index (κ1) is 19.7. The first-order valence-corrected chi connectivity index (χ1v) is 9.92. The number of amides is 1. The molecule has 1 fully saturated rings. The zero-order valence-electron chi connectivity index (χ0n) is 15.7. The number of likely N-dealkylation sites (tertiary alicyclic amines) is 1. The van der Waals surface area contributed by atoms with E-state index < -0.39 is 0 Å².